The fourth-order valence-corrected chi connectivity index (χ4v) is 7.03. The maximum absolute atomic E-state index is 12.4. The number of carbonyl (C=O) groups excluding carboxylic acids is 1. The molecule has 0 aromatic heterocycles. The number of hydrogen-bond donors (Lipinski definition) is 3. The molecule has 0 bridgehead atoms. The van der Waals surface area contributed by atoms with Crippen LogP contribution in [0.1, 0.15) is 245 Å². The predicted octanol–water partition coefficient (Wildman–Crippen LogP) is 14.6. The molecule has 0 spiro atoms. The van der Waals surface area contributed by atoms with Gasteiger partial charge < -0.3 is 15.5 Å². The smallest absolute Gasteiger partial charge is 0.220 e. The number of carbonyl (C=O) groups is 1. The van der Waals surface area contributed by atoms with Gasteiger partial charge in [-0.05, 0) is 44.9 Å². The largest absolute Gasteiger partial charge is 0.394 e. The van der Waals surface area contributed by atoms with Crippen molar-refractivity contribution in [3.05, 3.63) is 36.5 Å². The van der Waals surface area contributed by atoms with Crippen molar-refractivity contribution in [3.8, 4) is 0 Å². The normalized spacial score (nSPS) is 13.2. The summed E-state index contributed by atoms with van der Waals surface area (Å²) in [6.07, 6.45) is 58.4. The van der Waals surface area contributed by atoms with Crippen LogP contribution in [0, 0.1) is 0 Å². The first-order valence-electron chi connectivity index (χ1n) is 23.2. The Bertz CT molecular complexity index is 790. The Labute approximate surface area is 325 Å². The van der Waals surface area contributed by atoms with E-state index < -0.39 is 12.1 Å². The van der Waals surface area contributed by atoms with Gasteiger partial charge >= 0.3 is 0 Å². The highest BCUT2D eigenvalue weighted by Crippen LogP contribution is 2.15. The van der Waals surface area contributed by atoms with Gasteiger partial charge in [0.2, 0.25) is 5.91 Å². The van der Waals surface area contributed by atoms with E-state index in [-0.39, 0.29) is 12.5 Å². The second kappa shape index (κ2) is 44.0. The van der Waals surface area contributed by atoms with Crippen LogP contribution in [0.2, 0.25) is 0 Å². The second-order valence-electron chi connectivity index (χ2n) is 15.8. The molecule has 4 nitrogen and oxygen atoms in total. The quantitative estimate of drug-likeness (QED) is 0.0433. The number of allylic oxidation sites excluding steroid dienone is 5. The maximum Gasteiger partial charge on any atom is 0.220 e. The van der Waals surface area contributed by atoms with Crippen LogP contribution < -0.4 is 5.32 Å². The Morgan fingerprint density at radius 2 is 0.750 bits per heavy atom. The van der Waals surface area contributed by atoms with E-state index in [9.17, 15) is 15.0 Å². The molecule has 0 aromatic rings. The Morgan fingerprint density at radius 3 is 1.12 bits per heavy atom. The van der Waals surface area contributed by atoms with E-state index in [1.54, 1.807) is 6.08 Å². The van der Waals surface area contributed by atoms with Crippen molar-refractivity contribution in [1.82, 2.24) is 5.32 Å². The van der Waals surface area contributed by atoms with E-state index in [1.165, 1.54) is 186 Å². The first kappa shape index (κ1) is 50.6. The van der Waals surface area contributed by atoms with Gasteiger partial charge in [0.1, 0.15) is 0 Å². The lowest BCUT2D eigenvalue weighted by atomic mass is 10.0. The molecule has 4 heteroatoms. The Hall–Kier alpha value is -1.39. The first-order chi connectivity index (χ1) is 25.7. The van der Waals surface area contributed by atoms with Gasteiger partial charge in [-0.2, -0.15) is 0 Å². The summed E-state index contributed by atoms with van der Waals surface area (Å²) in [6.45, 7) is 4.31. The highest BCUT2D eigenvalue weighted by atomic mass is 16.3. The minimum atomic E-state index is -0.867. The molecular formula is C48H91NO3. The van der Waals surface area contributed by atoms with Gasteiger partial charge in [-0.1, -0.05) is 230 Å². The highest BCUT2D eigenvalue weighted by molar-refractivity contribution is 5.76. The lowest BCUT2D eigenvalue weighted by Crippen LogP contribution is -2.45. The number of aliphatic hydroxyl groups excluding tert-OH is 2. The molecule has 0 fully saturated rings. The topological polar surface area (TPSA) is 69.6 Å². The van der Waals surface area contributed by atoms with E-state index >= 15 is 0 Å². The molecule has 0 aliphatic rings. The zero-order valence-electron chi connectivity index (χ0n) is 35.1. The number of hydrogen-bond acceptors (Lipinski definition) is 3. The van der Waals surface area contributed by atoms with Gasteiger partial charge in [-0.25, -0.2) is 0 Å². The van der Waals surface area contributed by atoms with E-state index in [1.807, 2.05) is 6.08 Å². The fourth-order valence-electron chi connectivity index (χ4n) is 7.03. The van der Waals surface area contributed by atoms with Crippen molar-refractivity contribution in [2.75, 3.05) is 6.61 Å². The number of unbranched alkanes of at least 4 members (excludes halogenated alkanes) is 31. The summed E-state index contributed by atoms with van der Waals surface area (Å²) >= 11 is 0. The van der Waals surface area contributed by atoms with E-state index in [0.29, 0.717) is 6.42 Å². The van der Waals surface area contributed by atoms with Crippen molar-refractivity contribution in [3.63, 3.8) is 0 Å². The zero-order chi connectivity index (χ0) is 37.8. The molecule has 0 aromatic carbocycles. The van der Waals surface area contributed by atoms with Crippen LogP contribution in [0.4, 0.5) is 0 Å². The van der Waals surface area contributed by atoms with Crippen LogP contribution in [0.3, 0.4) is 0 Å². The van der Waals surface area contributed by atoms with E-state index in [4.69, 9.17) is 0 Å². The molecule has 0 heterocycles. The van der Waals surface area contributed by atoms with Crippen LogP contribution in [-0.2, 0) is 4.79 Å². The molecule has 306 valence electrons. The molecule has 1 amide bonds. The summed E-state index contributed by atoms with van der Waals surface area (Å²) < 4.78 is 0. The molecule has 2 atom stereocenters. The monoisotopic (exact) mass is 730 g/mol. The Morgan fingerprint density at radius 1 is 0.442 bits per heavy atom. The number of amides is 1. The number of aliphatic hydroxyl groups is 2. The zero-order valence-corrected chi connectivity index (χ0v) is 35.1. The molecule has 2 unspecified atom stereocenters. The van der Waals surface area contributed by atoms with Crippen molar-refractivity contribution >= 4 is 5.91 Å². The molecule has 0 saturated heterocycles. The average Bonchev–Trinajstić information content (AvgIpc) is 3.15. The summed E-state index contributed by atoms with van der Waals surface area (Å²) in [5.74, 6) is -0.0755. The highest BCUT2D eigenvalue weighted by Gasteiger charge is 2.17. The molecule has 0 aliphatic carbocycles. The molecular weight excluding hydrogens is 639 g/mol. The number of rotatable bonds is 42. The molecule has 52 heavy (non-hydrogen) atoms. The van der Waals surface area contributed by atoms with Gasteiger partial charge in [0.15, 0.2) is 0 Å². The summed E-state index contributed by atoms with van der Waals surface area (Å²) in [7, 11) is 0. The predicted molar refractivity (Wildman–Crippen MR) is 230 cm³/mol. The van der Waals surface area contributed by atoms with E-state index in [0.717, 1.165) is 38.5 Å². The van der Waals surface area contributed by atoms with Crippen molar-refractivity contribution < 1.29 is 15.0 Å². The minimum absolute atomic E-state index is 0.0755. The molecule has 0 aliphatic heterocycles. The summed E-state index contributed by atoms with van der Waals surface area (Å²) in [4.78, 5) is 12.4. The summed E-state index contributed by atoms with van der Waals surface area (Å²) in [5, 5.41) is 23.0. The van der Waals surface area contributed by atoms with Gasteiger partial charge in [0.25, 0.3) is 0 Å². The van der Waals surface area contributed by atoms with Gasteiger partial charge in [-0.3, -0.25) is 4.79 Å². The van der Waals surface area contributed by atoms with Crippen molar-refractivity contribution in [2.45, 2.75) is 257 Å². The van der Waals surface area contributed by atoms with Crippen LogP contribution in [0.25, 0.3) is 0 Å². The van der Waals surface area contributed by atoms with Crippen molar-refractivity contribution in [1.29, 1.82) is 0 Å². The molecule has 0 saturated carbocycles. The third-order valence-electron chi connectivity index (χ3n) is 10.6. The summed E-state index contributed by atoms with van der Waals surface area (Å²) in [5.41, 5.74) is 0. The van der Waals surface area contributed by atoms with Crippen LogP contribution in [0.15, 0.2) is 36.5 Å². The van der Waals surface area contributed by atoms with Gasteiger partial charge in [-0.15, -0.1) is 0 Å². The van der Waals surface area contributed by atoms with Gasteiger partial charge in [0.05, 0.1) is 18.8 Å². The lowest BCUT2D eigenvalue weighted by Gasteiger charge is -2.19. The number of nitrogens with one attached hydrogen (secondary N) is 1. The minimum Gasteiger partial charge on any atom is -0.394 e. The summed E-state index contributed by atoms with van der Waals surface area (Å²) in [6, 6.07) is -0.642. The first-order valence-corrected chi connectivity index (χ1v) is 23.2. The Balaban J connectivity index is 3.60. The average molecular weight is 730 g/mol. The molecule has 3 N–H and O–H groups in total. The second-order valence-corrected chi connectivity index (χ2v) is 15.8. The molecule has 0 rings (SSSR count). The van der Waals surface area contributed by atoms with Gasteiger partial charge in [0, 0.05) is 6.42 Å². The molecule has 0 radical (unpaired) electrons. The van der Waals surface area contributed by atoms with Crippen LogP contribution in [-0.4, -0.2) is 34.9 Å². The maximum atomic E-state index is 12.4. The fraction of sp³-hybridized carbons (Fsp3) is 0.854. The van der Waals surface area contributed by atoms with Crippen LogP contribution in [0.5, 0.6) is 0 Å². The van der Waals surface area contributed by atoms with Crippen LogP contribution >= 0.6 is 0 Å². The van der Waals surface area contributed by atoms with E-state index in [2.05, 4.69) is 43.5 Å². The lowest BCUT2D eigenvalue weighted by molar-refractivity contribution is -0.123. The Kier molecular flexibility index (Phi) is 42.8. The third-order valence-corrected chi connectivity index (χ3v) is 10.6. The van der Waals surface area contributed by atoms with Crippen molar-refractivity contribution in [2.24, 2.45) is 0 Å². The SMILES string of the molecule is CCCCCCCCCCCCCCCC/C=C/CC/C=C/CC/C=C/C(O)C(CO)NC(=O)CCCCCCCCCCCCCCCCCC. The third kappa shape index (κ3) is 39.8. The standard InChI is InChI=1S/C48H91NO3/c1-3-5-7-9-11-13-15-17-19-21-22-23-24-25-26-27-28-29-31-33-35-37-39-41-43-47(51)46(45-50)49-48(52)44-42-40-38-36-34-32-30-20-18-16-14-12-10-8-6-4-2/h27-28,33,35,41,43,46-47,50-51H,3-26,29-32,34,36-40,42,44-45H2,1-2H3,(H,49,52)/b28-27+,35-33+,43-41+.